The number of hydrogen-bond donors (Lipinski definition) is 1. The number of para-hydroxylation sites is 1. The van der Waals surface area contributed by atoms with Crippen molar-refractivity contribution in [3.05, 3.63) is 29.8 Å². The largest absolute Gasteiger partial charge is 0.573 e. The maximum atomic E-state index is 12.4. The molecule has 1 unspecified atom stereocenters. The maximum Gasteiger partial charge on any atom is 0.573 e. The first kappa shape index (κ1) is 17.7. The van der Waals surface area contributed by atoms with E-state index in [1.807, 2.05) is 0 Å². The highest BCUT2D eigenvalue weighted by atomic mass is 19.4. The van der Waals surface area contributed by atoms with Gasteiger partial charge in [-0.15, -0.1) is 13.2 Å². The minimum Gasteiger partial charge on any atom is -0.405 e. The van der Waals surface area contributed by atoms with E-state index in [1.54, 1.807) is 26.3 Å². The van der Waals surface area contributed by atoms with Crippen molar-refractivity contribution >= 4 is 0 Å². The Morgan fingerprint density at radius 1 is 1.14 bits per heavy atom. The summed E-state index contributed by atoms with van der Waals surface area (Å²) < 4.78 is 51.4. The number of ether oxygens (including phenoxy) is 3. The zero-order valence-corrected chi connectivity index (χ0v) is 12.1. The van der Waals surface area contributed by atoms with Gasteiger partial charge in [-0.25, -0.2) is 0 Å². The van der Waals surface area contributed by atoms with Crippen LogP contribution >= 0.6 is 0 Å². The summed E-state index contributed by atoms with van der Waals surface area (Å²) in [6.07, 6.45) is -4.18. The van der Waals surface area contributed by atoms with Crippen molar-refractivity contribution in [3.63, 3.8) is 0 Å². The fraction of sp³-hybridized carbons (Fsp3) is 0.571. The third-order valence-electron chi connectivity index (χ3n) is 2.85. The molecule has 0 aliphatic heterocycles. The van der Waals surface area contributed by atoms with E-state index in [0.29, 0.717) is 31.8 Å². The molecule has 1 N–H and O–H groups in total. The summed E-state index contributed by atoms with van der Waals surface area (Å²) in [5.74, 6) is -0.193. The van der Waals surface area contributed by atoms with Crippen LogP contribution in [0.25, 0.3) is 0 Å². The average molecular weight is 307 g/mol. The van der Waals surface area contributed by atoms with E-state index in [1.165, 1.54) is 12.1 Å². The molecular weight excluding hydrogens is 287 g/mol. The number of alkyl halides is 3. The molecule has 0 aliphatic rings. The lowest BCUT2D eigenvalue weighted by atomic mass is 10.0. The molecule has 0 spiro atoms. The number of benzene rings is 1. The molecule has 1 aromatic rings. The highest BCUT2D eigenvalue weighted by Crippen LogP contribution is 2.31. The van der Waals surface area contributed by atoms with Gasteiger partial charge < -0.3 is 19.5 Å². The summed E-state index contributed by atoms with van der Waals surface area (Å²) in [6, 6.07) is 5.81. The zero-order chi connectivity index (χ0) is 15.7. The second kappa shape index (κ2) is 8.86. The van der Waals surface area contributed by atoms with Crippen LogP contribution in [0.4, 0.5) is 13.2 Å². The van der Waals surface area contributed by atoms with Gasteiger partial charge in [-0.05, 0) is 19.5 Å². The first-order valence-corrected chi connectivity index (χ1v) is 6.56. The highest BCUT2D eigenvalue weighted by molar-refractivity contribution is 5.36. The van der Waals surface area contributed by atoms with Crippen molar-refractivity contribution in [1.82, 2.24) is 5.32 Å². The summed E-state index contributed by atoms with van der Waals surface area (Å²) >= 11 is 0. The van der Waals surface area contributed by atoms with Crippen LogP contribution in [0.15, 0.2) is 24.3 Å². The first-order valence-electron chi connectivity index (χ1n) is 6.56. The Bertz CT molecular complexity index is 413. The Morgan fingerprint density at radius 2 is 1.86 bits per heavy atom. The van der Waals surface area contributed by atoms with E-state index >= 15 is 0 Å². The zero-order valence-electron chi connectivity index (χ0n) is 12.1. The Hall–Kier alpha value is -1.31. The summed E-state index contributed by atoms with van der Waals surface area (Å²) in [7, 11) is 3.26. The SMILES string of the molecule is CNC(CCOCCOC)c1ccccc1OC(F)(F)F. The number of halogens is 3. The highest BCUT2D eigenvalue weighted by Gasteiger charge is 2.32. The van der Waals surface area contributed by atoms with Gasteiger partial charge in [0.1, 0.15) is 5.75 Å². The standard InChI is InChI=1S/C14H20F3NO3/c1-18-12(7-8-20-10-9-19-2)11-5-3-4-6-13(11)21-14(15,16)17/h3-6,12,18H,7-10H2,1-2H3. The third kappa shape index (κ3) is 6.79. The molecule has 0 aromatic heterocycles. The molecule has 120 valence electrons. The van der Waals surface area contributed by atoms with Crippen LogP contribution in [-0.4, -0.2) is 40.3 Å². The molecule has 0 saturated carbocycles. The van der Waals surface area contributed by atoms with Gasteiger partial charge in [-0.3, -0.25) is 0 Å². The fourth-order valence-corrected chi connectivity index (χ4v) is 1.89. The van der Waals surface area contributed by atoms with Crippen LogP contribution in [0.2, 0.25) is 0 Å². The number of methoxy groups -OCH3 is 1. The molecule has 0 heterocycles. The number of rotatable bonds is 9. The maximum absolute atomic E-state index is 12.4. The Kier molecular flexibility index (Phi) is 7.49. The third-order valence-corrected chi connectivity index (χ3v) is 2.85. The van der Waals surface area contributed by atoms with Crippen LogP contribution in [0, 0.1) is 0 Å². The minimum absolute atomic E-state index is 0.193. The van der Waals surface area contributed by atoms with Crippen LogP contribution in [0.5, 0.6) is 5.75 Å². The van der Waals surface area contributed by atoms with Gasteiger partial charge in [-0.1, -0.05) is 18.2 Å². The lowest BCUT2D eigenvalue weighted by Crippen LogP contribution is -2.23. The molecule has 4 nitrogen and oxygen atoms in total. The molecule has 0 amide bonds. The second-order valence-corrected chi connectivity index (χ2v) is 4.32. The lowest BCUT2D eigenvalue weighted by Gasteiger charge is -2.20. The van der Waals surface area contributed by atoms with Crippen LogP contribution < -0.4 is 10.1 Å². The molecule has 0 fully saturated rings. The van der Waals surface area contributed by atoms with E-state index in [9.17, 15) is 13.2 Å². The van der Waals surface area contributed by atoms with Crippen LogP contribution in [-0.2, 0) is 9.47 Å². The molecule has 7 heteroatoms. The molecular formula is C14H20F3NO3. The minimum atomic E-state index is -4.71. The van der Waals surface area contributed by atoms with Gasteiger partial charge in [-0.2, -0.15) is 0 Å². The fourth-order valence-electron chi connectivity index (χ4n) is 1.89. The molecule has 1 rings (SSSR count). The Morgan fingerprint density at radius 3 is 2.48 bits per heavy atom. The first-order chi connectivity index (χ1) is 9.98. The number of hydrogen-bond acceptors (Lipinski definition) is 4. The quantitative estimate of drug-likeness (QED) is 0.712. The van der Waals surface area contributed by atoms with E-state index in [-0.39, 0.29) is 11.8 Å². The van der Waals surface area contributed by atoms with Crippen molar-refractivity contribution < 1.29 is 27.4 Å². The van der Waals surface area contributed by atoms with Gasteiger partial charge in [0.25, 0.3) is 0 Å². The summed E-state index contributed by atoms with van der Waals surface area (Å²) in [5, 5.41) is 2.98. The molecule has 1 aromatic carbocycles. The number of nitrogens with one attached hydrogen (secondary N) is 1. The van der Waals surface area contributed by atoms with E-state index in [2.05, 4.69) is 10.1 Å². The average Bonchev–Trinajstić information content (AvgIpc) is 2.42. The lowest BCUT2D eigenvalue weighted by molar-refractivity contribution is -0.275. The van der Waals surface area contributed by atoms with Crippen LogP contribution in [0.3, 0.4) is 0 Å². The van der Waals surface area contributed by atoms with Gasteiger partial charge in [0.2, 0.25) is 0 Å². The predicted octanol–water partition coefficient (Wildman–Crippen LogP) is 2.90. The summed E-state index contributed by atoms with van der Waals surface area (Å²) in [6.45, 7) is 1.35. The monoisotopic (exact) mass is 307 g/mol. The van der Waals surface area contributed by atoms with Gasteiger partial charge in [0, 0.05) is 25.3 Å². The van der Waals surface area contributed by atoms with Crippen molar-refractivity contribution in [2.45, 2.75) is 18.8 Å². The Labute approximate surface area is 122 Å². The van der Waals surface area contributed by atoms with Crippen LogP contribution in [0.1, 0.15) is 18.0 Å². The van der Waals surface area contributed by atoms with Gasteiger partial charge >= 0.3 is 6.36 Å². The van der Waals surface area contributed by atoms with E-state index < -0.39 is 6.36 Å². The normalized spacial score (nSPS) is 13.2. The molecule has 0 radical (unpaired) electrons. The summed E-state index contributed by atoms with van der Waals surface area (Å²) in [5.41, 5.74) is 0.452. The van der Waals surface area contributed by atoms with Crippen molar-refractivity contribution in [1.29, 1.82) is 0 Å². The topological polar surface area (TPSA) is 39.7 Å². The Balaban J connectivity index is 2.67. The van der Waals surface area contributed by atoms with Crippen molar-refractivity contribution in [2.75, 3.05) is 34.0 Å². The molecule has 21 heavy (non-hydrogen) atoms. The van der Waals surface area contributed by atoms with Crippen molar-refractivity contribution in [2.24, 2.45) is 0 Å². The van der Waals surface area contributed by atoms with Gasteiger partial charge in [0.15, 0.2) is 0 Å². The molecule has 0 saturated heterocycles. The predicted molar refractivity (Wildman–Crippen MR) is 72.2 cm³/mol. The molecule has 0 bridgehead atoms. The summed E-state index contributed by atoms with van der Waals surface area (Å²) in [4.78, 5) is 0. The van der Waals surface area contributed by atoms with E-state index in [0.717, 1.165) is 0 Å². The molecule has 1 atom stereocenters. The second-order valence-electron chi connectivity index (χ2n) is 4.32. The molecule has 0 aliphatic carbocycles. The van der Waals surface area contributed by atoms with Crippen molar-refractivity contribution in [3.8, 4) is 5.75 Å². The van der Waals surface area contributed by atoms with E-state index in [4.69, 9.17) is 9.47 Å². The smallest absolute Gasteiger partial charge is 0.405 e. The van der Waals surface area contributed by atoms with Gasteiger partial charge in [0.05, 0.1) is 13.2 Å².